The molecule has 1 unspecified atom stereocenters. The molecule has 0 saturated heterocycles. The molecule has 122 valence electrons. The third-order valence-electron chi connectivity index (χ3n) is 4.12. The minimum Gasteiger partial charge on any atom is -0.314 e. The van der Waals surface area contributed by atoms with Gasteiger partial charge in [-0.1, -0.05) is 67.7 Å². The van der Waals surface area contributed by atoms with Gasteiger partial charge >= 0.3 is 0 Å². The van der Waals surface area contributed by atoms with Gasteiger partial charge in [-0.3, -0.25) is 0 Å². The Labute approximate surface area is 129 Å². The second-order valence-corrected chi connectivity index (χ2v) is 9.19. The van der Waals surface area contributed by atoms with Gasteiger partial charge in [0, 0.05) is 12.6 Å². The lowest BCUT2D eigenvalue weighted by Crippen LogP contribution is -2.34. The molecule has 0 fully saturated rings. The zero-order chi connectivity index (χ0) is 15.8. The van der Waals surface area contributed by atoms with Crippen molar-refractivity contribution in [3.05, 3.63) is 0 Å². The zero-order valence-electron chi connectivity index (χ0n) is 15.6. The first kappa shape index (κ1) is 20.0. The van der Waals surface area contributed by atoms with E-state index in [0.717, 1.165) is 12.5 Å². The van der Waals surface area contributed by atoms with Gasteiger partial charge in [-0.2, -0.15) is 0 Å². The van der Waals surface area contributed by atoms with Crippen LogP contribution in [0.2, 0.25) is 0 Å². The maximum atomic E-state index is 3.68. The van der Waals surface area contributed by atoms with E-state index in [4.69, 9.17) is 0 Å². The second-order valence-electron chi connectivity index (χ2n) is 9.19. The van der Waals surface area contributed by atoms with Crippen LogP contribution in [-0.4, -0.2) is 12.6 Å². The molecular formula is C19H41N. The van der Waals surface area contributed by atoms with E-state index >= 15 is 0 Å². The van der Waals surface area contributed by atoms with Gasteiger partial charge in [-0.15, -0.1) is 0 Å². The van der Waals surface area contributed by atoms with Crippen LogP contribution in [0.4, 0.5) is 0 Å². The van der Waals surface area contributed by atoms with Crippen LogP contribution in [0.3, 0.4) is 0 Å². The molecule has 1 atom stereocenters. The van der Waals surface area contributed by atoms with Crippen molar-refractivity contribution in [1.82, 2.24) is 5.32 Å². The summed E-state index contributed by atoms with van der Waals surface area (Å²) in [6.45, 7) is 19.9. The first-order valence-electron chi connectivity index (χ1n) is 8.75. The summed E-state index contributed by atoms with van der Waals surface area (Å²) in [5, 5.41) is 3.68. The molecule has 0 aliphatic heterocycles. The molecule has 0 aliphatic rings. The summed E-state index contributed by atoms with van der Waals surface area (Å²) < 4.78 is 0. The summed E-state index contributed by atoms with van der Waals surface area (Å²) in [6.07, 6.45) is 8.21. The predicted molar refractivity (Wildman–Crippen MR) is 93.2 cm³/mol. The van der Waals surface area contributed by atoms with Crippen LogP contribution in [-0.2, 0) is 0 Å². The van der Waals surface area contributed by atoms with Crippen molar-refractivity contribution in [2.45, 2.75) is 100.0 Å². The largest absolute Gasteiger partial charge is 0.314 e. The Morgan fingerprint density at radius 3 is 1.90 bits per heavy atom. The van der Waals surface area contributed by atoms with Crippen LogP contribution < -0.4 is 5.32 Å². The van der Waals surface area contributed by atoms with Gasteiger partial charge in [0.25, 0.3) is 0 Å². The average molecular weight is 284 g/mol. The highest BCUT2D eigenvalue weighted by molar-refractivity contribution is 4.74. The number of hydrogen-bond acceptors (Lipinski definition) is 1. The van der Waals surface area contributed by atoms with Crippen molar-refractivity contribution in [2.75, 3.05) is 6.54 Å². The fraction of sp³-hybridized carbons (Fsp3) is 1.00. The molecule has 0 spiro atoms. The van der Waals surface area contributed by atoms with E-state index in [1.807, 2.05) is 0 Å². The van der Waals surface area contributed by atoms with E-state index < -0.39 is 0 Å². The molecule has 1 nitrogen and oxygen atoms in total. The Hall–Kier alpha value is -0.0400. The van der Waals surface area contributed by atoms with E-state index in [-0.39, 0.29) is 0 Å². The lowest BCUT2D eigenvalue weighted by atomic mass is 9.81. The Morgan fingerprint density at radius 1 is 0.800 bits per heavy atom. The molecule has 0 radical (unpaired) electrons. The molecule has 0 aromatic carbocycles. The maximum absolute atomic E-state index is 3.68. The monoisotopic (exact) mass is 283 g/mol. The Balaban J connectivity index is 3.79. The van der Waals surface area contributed by atoms with E-state index in [1.165, 1.54) is 38.5 Å². The summed E-state index contributed by atoms with van der Waals surface area (Å²) >= 11 is 0. The van der Waals surface area contributed by atoms with Crippen molar-refractivity contribution in [1.29, 1.82) is 0 Å². The minimum absolute atomic E-state index is 0.390. The molecule has 0 amide bonds. The zero-order valence-corrected chi connectivity index (χ0v) is 15.6. The Kier molecular flexibility index (Phi) is 9.06. The van der Waals surface area contributed by atoms with Crippen molar-refractivity contribution >= 4 is 0 Å². The molecule has 0 aromatic heterocycles. The highest BCUT2D eigenvalue weighted by Gasteiger charge is 2.19. The summed E-state index contributed by atoms with van der Waals surface area (Å²) in [4.78, 5) is 0. The van der Waals surface area contributed by atoms with Crippen LogP contribution in [0.25, 0.3) is 0 Å². The molecule has 20 heavy (non-hydrogen) atoms. The smallest absolute Gasteiger partial charge is 0.00391 e. The number of nitrogens with one attached hydrogen (secondary N) is 1. The average Bonchev–Trinajstić information content (AvgIpc) is 2.28. The quantitative estimate of drug-likeness (QED) is 0.482. The number of hydrogen-bond donors (Lipinski definition) is 1. The van der Waals surface area contributed by atoms with Crippen molar-refractivity contribution in [3.63, 3.8) is 0 Å². The van der Waals surface area contributed by atoms with Crippen LogP contribution in [0.15, 0.2) is 0 Å². The first-order valence-corrected chi connectivity index (χ1v) is 8.75. The summed E-state index contributed by atoms with van der Waals surface area (Å²) in [6, 6.07) is 0.643. The number of unbranched alkanes of at least 4 members (excludes halogenated alkanes) is 1. The fourth-order valence-corrected chi connectivity index (χ4v) is 2.47. The predicted octanol–water partition coefficient (Wildman–Crippen LogP) is 6.03. The summed E-state index contributed by atoms with van der Waals surface area (Å²) in [7, 11) is 0. The number of rotatable bonds is 10. The highest BCUT2D eigenvalue weighted by atomic mass is 14.9. The minimum atomic E-state index is 0.390. The Morgan fingerprint density at radius 2 is 1.40 bits per heavy atom. The van der Waals surface area contributed by atoms with Crippen molar-refractivity contribution in [2.24, 2.45) is 16.7 Å². The molecule has 0 heterocycles. The molecule has 0 aliphatic carbocycles. The normalized spacial score (nSPS) is 14.8. The van der Waals surface area contributed by atoms with Gasteiger partial charge < -0.3 is 5.32 Å². The maximum Gasteiger partial charge on any atom is 0.00391 e. The SMILES string of the molecule is CC(C)CCCCC(C)(C)CCC(C)NCC(C)(C)C. The van der Waals surface area contributed by atoms with Crippen molar-refractivity contribution in [3.8, 4) is 0 Å². The van der Waals surface area contributed by atoms with E-state index in [2.05, 4.69) is 60.7 Å². The molecular weight excluding hydrogens is 242 g/mol. The third-order valence-corrected chi connectivity index (χ3v) is 4.12. The van der Waals surface area contributed by atoms with Gasteiger partial charge in [-0.05, 0) is 42.9 Å². The molecule has 0 saturated carbocycles. The molecule has 1 heteroatoms. The van der Waals surface area contributed by atoms with Gasteiger partial charge in [0.05, 0.1) is 0 Å². The molecule has 0 rings (SSSR count). The van der Waals surface area contributed by atoms with Gasteiger partial charge in [0.1, 0.15) is 0 Å². The van der Waals surface area contributed by atoms with Crippen LogP contribution in [0.5, 0.6) is 0 Å². The lowest BCUT2D eigenvalue weighted by Gasteiger charge is -2.28. The van der Waals surface area contributed by atoms with Crippen LogP contribution in [0.1, 0.15) is 93.9 Å². The Bertz CT molecular complexity index is 235. The fourth-order valence-electron chi connectivity index (χ4n) is 2.47. The van der Waals surface area contributed by atoms with E-state index in [1.54, 1.807) is 0 Å². The van der Waals surface area contributed by atoms with E-state index in [0.29, 0.717) is 16.9 Å². The van der Waals surface area contributed by atoms with Crippen molar-refractivity contribution < 1.29 is 0 Å². The van der Waals surface area contributed by atoms with Gasteiger partial charge in [0.2, 0.25) is 0 Å². The first-order chi connectivity index (χ1) is 9.02. The topological polar surface area (TPSA) is 12.0 Å². The standard InChI is InChI=1S/C19H41N/c1-16(2)11-9-10-13-19(7,8)14-12-17(3)20-15-18(4,5)6/h16-17,20H,9-15H2,1-8H3. The van der Waals surface area contributed by atoms with Crippen LogP contribution in [0, 0.1) is 16.7 Å². The second kappa shape index (κ2) is 9.07. The van der Waals surface area contributed by atoms with Gasteiger partial charge in [-0.25, -0.2) is 0 Å². The lowest BCUT2D eigenvalue weighted by molar-refractivity contribution is 0.262. The third kappa shape index (κ3) is 13.0. The highest BCUT2D eigenvalue weighted by Crippen LogP contribution is 2.30. The summed E-state index contributed by atoms with van der Waals surface area (Å²) in [5.41, 5.74) is 0.898. The van der Waals surface area contributed by atoms with E-state index in [9.17, 15) is 0 Å². The van der Waals surface area contributed by atoms with Crippen LogP contribution >= 0.6 is 0 Å². The molecule has 0 bridgehead atoms. The molecule has 1 N–H and O–H groups in total. The molecule has 0 aromatic rings. The summed E-state index contributed by atoms with van der Waals surface area (Å²) in [5.74, 6) is 0.861. The van der Waals surface area contributed by atoms with Gasteiger partial charge in [0.15, 0.2) is 0 Å².